The van der Waals surface area contributed by atoms with Crippen LogP contribution in [0.1, 0.15) is 47.1 Å². The summed E-state index contributed by atoms with van der Waals surface area (Å²) in [7, 11) is 0. The number of fused-ring (bicyclic) bond motifs is 1. The van der Waals surface area contributed by atoms with Gasteiger partial charge in [0, 0.05) is 11.6 Å². The molecular weight excluding hydrogens is 412 g/mol. The summed E-state index contributed by atoms with van der Waals surface area (Å²) in [5.74, 6) is 0.696. The second kappa shape index (κ2) is 7.20. The SMILES string of the molecule is Cc1cc2nc([C@]3(C)CCCN3C(=O)c3cc(Cl)ccc3-n3nccn3)[nH]c2cc1C. The number of amides is 1. The van der Waals surface area contributed by atoms with Crippen LogP contribution in [0.2, 0.25) is 5.02 Å². The summed E-state index contributed by atoms with van der Waals surface area (Å²) in [6.45, 7) is 6.89. The summed E-state index contributed by atoms with van der Waals surface area (Å²) in [4.78, 5) is 25.5. The van der Waals surface area contributed by atoms with Crippen LogP contribution in [0.4, 0.5) is 0 Å². The summed E-state index contributed by atoms with van der Waals surface area (Å²) < 4.78 is 0. The second-order valence-corrected chi connectivity index (χ2v) is 8.79. The van der Waals surface area contributed by atoms with E-state index in [1.807, 2.05) is 4.90 Å². The summed E-state index contributed by atoms with van der Waals surface area (Å²) in [5, 5.41) is 8.89. The fraction of sp³-hybridized carbons (Fsp3) is 0.304. The summed E-state index contributed by atoms with van der Waals surface area (Å²) in [5.41, 5.74) is 4.84. The van der Waals surface area contributed by atoms with Gasteiger partial charge in [0.1, 0.15) is 5.82 Å². The minimum absolute atomic E-state index is 0.109. The number of halogens is 1. The van der Waals surface area contributed by atoms with Crippen LogP contribution in [-0.2, 0) is 5.54 Å². The van der Waals surface area contributed by atoms with Crippen LogP contribution in [0.15, 0.2) is 42.7 Å². The Morgan fingerprint density at radius 3 is 2.65 bits per heavy atom. The standard InChI is InChI=1S/C23H23ClN6O/c1-14-11-18-19(12-15(14)2)28-22(27-18)23(3)7-4-10-29(23)21(31)17-13-16(24)5-6-20(17)30-25-8-9-26-30/h5-6,8-9,11-13H,4,7,10H2,1-3H3,(H,27,28)/t23-/m0/s1. The maximum absolute atomic E-state index is 13.8. The van der Waals surface area contributed by atoms with Crippen LogP contribution in [0, 0.1) is 13.8 Å². The highest BCUT2D eigenvalue weighted by Gasteiger charge is 2.44. The van der Waals surface area contributed by atoms with Crippen molar-refractivity contribution in [3.63, 3.8) is 0 Å². The molecule has 4 aromatic rings. The van der Waals surface area contributed by atoms with Gasteiger partial charge in [0.2, 0.25) is 0 Å². The van der Waals surface area contributed by atoms with E-state index in [-0.39, 0.29) is 5.91 Å². The lowest BCUT2D eigenvalue weighted by Gasteiger charge is -2.34. The Labute approximate surface area is 185 Å². The lowest BCUT2D eigenvalue weighted by molar-refractivity contribution is 0.0605. The highest BCUT2D eigenvalue weighted by atomic mass is 35.5. The molecule has 0 radical (unpaired) electrons. The topological polar surface area (TPSA) is 79.7 Å². The van der Waals surface area contributed by atoms with E-state index >= 15 is 0 Å². The molecule has 7 nitrogen and oxygen atoms in total. The molecule has 31 heavy (non-hydrogen) atoms. The number of carbonyl (C=O) groups excluding carboxylic acids is 1. The zero-order chi connectivity index (χ0) is 21.8. The Hall–Kier alpha value is -3.19. The van der Waals surface area contributed by atoms with Gasteiger partial charge in [-0.05, 0) is 75.1 Å². The first-order chi connectivity index (χ1) is 14.9. The first-order valence-corrected chi connectivity index (χ1v) is 10.7. The van der Waals surface area contributed by atoms with Crippen LogP contribution in [-0.4, -0.2) is 42.3 Å². The van der Waals surface area contributed by atoms with Crippen molar-refractivity contribution >= 4 is 28.5 Å². The third-order valence-electron chi connectivity index (χ3n) is 6.32. The molecule has 0 bridgehead atoms. The Kier molecular flexibility index (Phi) is 4.59. The van der Waals surface area contributed by atoms with Crippen LogP contribution in [0.3, 0.4) is 0 Å². The van der Waals surface area contributed by atoms with Crippen molar-refractivity contribution in [1.82, 2.24) is 29.9 Å². The maximum atomic E-state index is 13.8. The molecule has 0 spiro atoms. The van der Waals surface area contributed by atoms with E-state index in [0.29, 0.717) is 22.8 Å². The highest BCUT2D eigenvalue weighted by Crippen LogP contribution is 2.39. The van der Waals surface area contributed by atoms with Crippen LogP contribution >= 0.6 is 11.6 Å². The summed E-state index contributed by atoms with van der Waals surface area (Å²) in [6.07, 6.45) is 4.89. The average Bonchev–Trinajstić information content (AvgIpc) is 3.48. The smallest absolute Gasteiger partial charge is 0.256 e. The molecule has 1 N–H and O–H groups in total. The molecule has 1 amide bonds. The van der Waals surface area contributed by atoms with Gasteiger partial charge in [0.25, 0.3) is 5.91 Å². The van der Waals surface area contributed by atoms with E-state index in [1.54, 1.807) is 30.6 Å². The number of likely N-dealkylation sites (tertiary alicyclic amines) is 1. The number of imidazole rings is 1. The summed E-state index contributed by atoms with van der Waals surface area (Å²) in [6, 6.07) is 9.41. The molecule has 0 aliphatic carbocycles. The van der Waals surface area contributed by atoms with Crippen molar-refractivity contribution < 1.29 is 4.79 Å². The number of carbonyl (C=O) groups is 1. The second-order valence-electron chi connectivity index (χ2n) is 8.35. The van der Waals surface area contributed by atoms with Gasteiger partial charge < -0.3 is 9.88 Å². The van der Waals surface area contributed by atoms with E-state index in [4.69, 9.17) is 16.6 Å². The minimum atomic E-state index is -0.547. The third kappa shape index (κ3) is 3.20. The van der Waals surface area contributed by atoms with Gasteiger partial charge in [-0.3, -0.25) is 4.79 Å². The van der Waals surface area contributed by atoms with Crippen molar-refractivity contribution in [2.45, 2.75) is 39.2 Å². The molecule has 3 heterocycles. The minimum Gasteiger partial charge on any atom is -0.340 e. The highest BCUT2D eigenvalue weighted by molar-refractivity contribution is 6.31. The van der Waals surface area contributed by atoms with Crippen molar-refractivity contribution in [2.75, 3.05) is 6.54 Å². The predicted molar refractivity (Wildman–Crippen MR) is 120 cm³/mol. The Morgan fingerprint density at radius 2 is 1.87 bits per heavy atom. The van der Waals surface area contributed by atoms with E-state index < -0.39 is 5.54 Å². The number of rotatable bonds is 3. The first kappa shape index (κ1) is 19.8. The Balaban J connectivity index is 1.58. The van der Waals surface area contributed by atoms with Gasteiger partial charge in [-0.2, -0.15) is 15.0 Å². The molecule has 158 valence electrons. The third-order valence-corrected chi connectivity index (χ3v) is 6.55. The number of H-pyrrole nitrogens is 1. The molecule has 1 atom stereocenters. The molecule has 2 aromatic carbocycles. The van der Waals surface area contributed by atoms with Crippen molar-refractivity contribution in [3.8, 4) is 5.69 Å². The van der Waals surface area contributed by atoms with Crippen molar-refractivity contribution in [1.29, 1.82) is 0 Å². The molecule has 1 fully saturated rings. The number of nitrogens with one attached hydrogen (secondary N) is 1. The molecule has 1 aliphatic heterocycles. The molecule has 0 unspecified atom stereocenters. The zero-order valence-corrected chi connectivity index (χ0v) is 18.4. The largest absolute Gasteiger partial charge is 0.340 e. The van der Waals surface area contributed by atoms with Crippen LogP contribution < -0.4 is 0 Å². The number of nitrogens with zero attached hydrogens (tertiary/aromatic N) is 5. The van der Waals surface area contributed by atoms with Gasteiger partial charge in [-0.1, -0.05) is 11.6 Å². The molecular formula is C23H23ClN6O. The van der Waals surface area contributed by atoms with E-state index in [9.17, 15) is 4.79 Å². The van der Waals surface area contributed by atoms with E-state index in [0.717, 1.165) is 29.7 Å². The van der Waals surface area contributed by atoms with Gasteiger partial charge in [-0.25, -0.2) is 4.98 Å². The molecule has 8 heteroatoms. The lowest BCUT2D eigenvalue weighted by Crippen LogP contribution is -2.44. The lowest BCUT2D eigenvalue weighted by atomic mass is 9.97. The fourth-order valence-electron chi connectivity index (χ4n) is 4.40. The normalized spacial score (nSPS) is 18.8. The Morgan fingerprint density at radius 1 is 1.13 bits per heavy atom. The molecule has 5 rings (SSSR count). The predicted octanol–water partition coefficient (Wildman–Crippen LogP) is 4.57. The maximum Gasteiger partial charge on any atom is 0.256 e. The van der Waals surface area contributed by atoms with Gasteiger partial charge in [0.15, 0.2) is 0 Å². The first-order valence-electron chi connectivity index (χ1n) is 10.3. The fourth-order valence-corrected chi connectivity index (χ4v) is 4.57. The van der Waals surface area contributed by atoms with Crippen molar-refractivity contribution in [2.24, 2.45) is 0 Å². The number of hydrogen-bond donors (Lipinski definition) is 1. The monoisotopic (exact) mass is 434 g/mol. The number of benzene rings is 2. The molecule has 0 saturated carbocycles. The number of aromatic nitrogens is 5. The molecule has 2 aromatic heterocycles. The number of aryl methyl sites for hydroxylation is 2. The van der Waals surface area contributed by atoms with Crippen molar-refractivity contribution in [3.05, 3.63) is 70.3 Å². The summed E-state index contributed by atoms with van der Waals surface area (Å²) >= 11 is 6.26. The van der Waals surface area contributed by atoms with Gasteiger partial charge in [0.05, 0.1) is 40.2 Å². The Bertz CT molecular complexity index is 1260. The average molecular weight is 435 g/mol. The quantitative estimate of drug-likeness (QED) is 0.512. The number of hydrogen-bond acceptors (Lipinski definition) is 4. The van der Waals surface area contributed by atoms with Gasteiger partial charge in [-0.15, -0.1) is 0 Å². The van der Waals surface area contributed by atoms with Crippen LogP contribution in [0.5, 0.6) is 0 Å². The number of aromatic amines is 1. The zero-order valence-electron chi connectivity index (χ0n) is 17.7. The molecule has 1 saturated heterocycles. The van der Waals surface area contributed by atoms with E-state index in [2.05, 4.69) is 48.1 Å². The molecule has 1 aliphatic rings. The van der Waals surface area contributed by atoms with Gasteiger partial charge >= 0.3 is 0 Å². The van der Waals surface area contributed by atoms with Crippen LogP contribution in [0.25, 0.3) is 16.7 Å². The van der Waals surface area contributed by atoms with E-state index in [1.165, 1.54) is 15.9 Å².